The third kappa shape index (κ3) is 3.17. The topological polar surface area (TPSA) is 38.0 Å². The zero-order valence-corrected chi connectivity index (χ0v) is 13.6. The lowest BCUT2D eigenvalue weighted by Crippen LogP contribution is -2.29. The van der Waals surface area contributed by atoms with Gasteiger partial charge in [0, 0.05) is 15.1 Å². The van der Waals surface area contributed by atoms with Gasteiger partial charge < -0.3 is 0 Å². The average Bonchev–Trinajstić information content (AvgIpc) is 2.39. The van der Waals surface area contributed by atoms with E-state index in [1.54, 1.807) is 36.4 Å². The third-order valence-electron chi connectivity index (χ3n) is 2.73. The van der Waals surface area contributed by atoms with Gasteiger partial charge in [0.15, 0.2) is 0 Å². The maximum atomic E-state index is 14.2. The van der Waals surface area contributed by atoms with Crippen LogP contribution in [0.3, 0.4) is 0 Å². The normalized spacial score (nSPS) is 12.5. The summed E-state index contributed by atoms with van der Waals surface area (Å²) in [6.45, 7) is 0. The lowest BCUT2D eigenvalue weighted by Gasteiger charge is -2.19. The molecule has 0 aromatic heterocycles. The van der Waals surface area contributed by atoms with Crippen molar-refractivity contribution >= 4 is 43.5 Å². The van der Waals surface area contributed by atoms with Crippen LogP contribution in [0.15, 0.2) is 45.3 Å². The summed E-state index contributed by atoms with van der Waals surface area (Å²) in [6.07, 6.45) is 0. The van der Waals surface area contributed by atoms with E-state index in [2.05, 4.69) is 37.3 Å². The van der Waals surface area contributed by atoms with E-state index in [4.69, 9.17) is 17.4 Å². The summed E-state index contributed by atoms with van der Waals surface area (Å²) in [5.41, 5.74) is 3.84. The highest BCUT2D eigenvalue weighted by Crippen LogP contribution is 2.33. The Kier molecular flexibility index (Phi) is 4.97. The van der Waals surface area contributed by atoms with Crippen LogP contribution in [-0.4, -0.2) is 0 Å². The molecule has 2 aromatic carbocycles. The van der Waals surface area contributed by atoms with Crippen molar-refractivity contribution in [3.8, 4) is 0 Å². The van der Waals surface area contributed by atoms with Crippen LogP contribution >= 0.6 is 43.5 Å². The van der Waals surface area contributed by atoms with E-state index in [1.807, 2.05) is 0 Å². The molecule has 0 saturated heterocycles. The fraction of sp³-hybridized carbons (Fsp3) is 0.0769. The Labute approximate surface area is 132 Å². The number of hydrogen-bond acceptors (Lipinski definition) is 2. The van der Waals surface area contributed by atoms with E-state index in [-0.39, 0.29) is 5.82 Å². The molecule has 0 radical (unpaired) electrons. The number of benzene rings is 2. The lowest BCUT2D eigenvalue weighted by molar-refractivity contribution is 0.555. The fourth-order valence-electron chi connectivity index (χ4n) is 1.83. The van der Waals surface area contributed by atoms with Crippen molar-refractivity contribution in [3.63, 3.8) is 0 Å². The first-order chi connectivity index (χ1) is 9.04. The first kappa shape index (κ1) is 14.9. The lowest BCUT2D eigenvalue weighted by atomic mass is 9.99. The maximum Gasteiger partial charge on any atom is 0.142 e. The molecule has 0 spiro atoms. The van der Waals surface area contributed by atoms with Gasteiger partial charge in [0.1, 0.15) is 5.82 Å². The molecule has 0 heterocycles. The highest BCUT2D eigenvalue weighted by Gasteiger charge is 2.20. The largest absolute Gasteiger partial charge is 0.271 e. The van der Waals surface area contributed by atoms with E-state index in [0.717, 1.165) is 10.0 Å². The molecule has 2 nitrogen and oxygen atoms in total. The quantitative estimate of drug-likeness (QED) is 0.577. The van der Waals surface area contributed by atoms with E-state index in [0.29, 0.717) is 15.1 Å². The summed E-state index contributed by atoms with van der Waals surface area (Å²) in [7, 11) is 0. The third-order valence-corrected chi connectivity index (χ3v) is 4.30. The molecule has 3 N–H and O–H groups in total. The zero-order chi connectivity index (χ0) is 14.0. The van der Waals surface area contributed by atoms with Crippen LogP contribution in [0.2, 0.25) is 5.02 Å². The molecule has 2 rings (SSSR count). The molecule has 0 aliphatic rings. The van der Waals surface area contributed by atoms with Gasteiger partial charge in [-0.05, 0) is 45.8 Å². The number of hydrogen-bond donors (Lipinski definition) is 2. The maximum absolute atomic E-state index is 14.2. The van der Waals surface area contributed by atoms with Gasteiger partial charge in [-0.25, -0.2) is 9.82 Å². The Morgan fingerprint density at radius 3 is 2.53 bits per heavy atom. The minimum Gasteiger partial charge on any atom is -0.271 e. The van der Waals surface area contributed by atoms with Gasteiger partial charge in [-0.3, -0.25) is 5.84 Å². The smallest absolute Gasteiger partial charge is 0.142 e. The summed E-state index contributed by atoms with van der Waals surface area (Å²) in [6, 6.07) is 9.88. The molecule has 19 heavy (non-hydrogen) atoms. The second-order valence-corrected chi connectivity index (χ2v) is 6.05. The van der Waals surface area contributed by atoms with Gasteiger partial charge in [0.05, 0.1) is 10.5 Å². The fourth-order valence-corrected chi connectivity index (χ4v) is 2.86. The number of halogens is 4. The Morgan fingerprint density at radius 1 is 1.11 bits per heavy atom. The minimum atomic E-state index is -0.495. The second kappa shape index (κ2) is 6.33. The summed E-state index contributed by atoms with van der Waals surface area (Å²) in [5, 5.41) is 0.564. The average molecular weight is 408 g/mol. The van der Waals surface area contributed by atoms with Gasteiger partial charge >= 0.3 is 0 Å². The Balaban J connectivity index is 2.56. The van der Waals surface area contributed by atoms with Crippen molar-refractivity contribution in [1.29, 1.82) is 0 Å². The number of nitrogens with two attached hydrogens (primary N) is 1. The van der Waals surface area contributed by atoms with E-state index < -0.39 is 6.04 Å². The van der Waals surface area contributed by atoms with Crippen LogP contribution < -0.4 is 11.3 Å². The second-order valence-electron chi connectivity index (χ2n) is 3.91. The number of rotatable bonds is 3. The molecular formula is C13H10Br2ClFN2. The first-order valence-corrected chi connectivity index (χ1v) is 7.36. The van der Waals surface area contributed by atoms with Crippen molar-refractivity contribution in [2.75, 3.05) is 0 Å². The van der Waals surface area contributed by atoms with Crippen LogP contribution in [0.25, 0.3) is 0 Å². The summed E-state index contributed by atoms with van der Waals surface area (Å²) >= 11 is 12.6. The van der Waals surface area contributed by atoms with Crippen LogP contribution in [0.1, 0.15) is 17.2 Å². The molecule has 2 aromatic rings. The molecule has 100 valence electrons. The molecule has 0 amide bonds. The number of nitrogens with one attached hydrogen (secondary N) is 1. The number of hydrazine groups is 1. The van der Waals surface area contributed by atoms with Gasteiger partial charge in [-0.15, -0.1) is 0 Å². The SMILES string of the molecule is NNC(c1cc(Cl)ccc1Br)c1cccc(Br)c1F. The summed E-state index contributed by atoms with van der Waals surface area (Å²) < 4.78 is 15.4. The van der Waals surface area contributed by atoms with Crippen LogP contribution in [0.5, 0.6) is 0 Å². The minimum absolute atomic E-state index is 0.350. The summed E-state index contributed by atoms with van der Waals surface area (Å²) in [4.78, 5) is 0. The molecule has 0 fully saturated rings. The molecule has 0 bridgehead atoms. The molecular weight excluding hydrogens is 398 g/mol. The molecule has 0 aliphatic heterocycles. The Bertz CT molecular complexity index is 605. The van der Waals surface area contributed by atoms with Crippen molar-refractivity contribution < 1.29 is 4.39 Å². The highest BCUT2D eigenvalue weighted by atomic mass is 79.9. The van der Waals surface area contributed by atoms with Crippen molar-refractivity contribution in [2.45, 2.75) is 6.04 Å². The van der Waals surface area contributed by atoms with Crippen molar-refractivity contribution in [1.82, 2.24) is 5.43 Å². The first-order valence-electron chi connectivity index (χ1n) is 5.39. The summed E-state index contributed by atoms with van der Waals surface area (Å²) in [5.74, 6) is 5.23. The van der Waals surface area contributed by atoms with Crippen LogP contribution in [0, 0.1) is 5.82 Å². The van der Waals surface area contributed by atoms with E-state index in [9.17, 15) is 4.39 Å². The Hall–Kier alpha value is -0.460. The molecule has 6 heteroatoms. The Morgan fingerprint density at radius 2 is 1.84 bits per heavy atom. The zero-order valence-electron chi connectivity index (χ0n) is 9.63. The molecule has 0 aliphatic carbocycles. The molecule has 0 saturated carbocycles. The van der Waals surface area contributed by atoms with Crippen LogP contribution in [-0.2, 0) is 0 Å². The highest BCUT2D eigenvalue weighted by molar-refractivity contribution is 9.10. The predicted octanol–water partition coefficient (Wildman–Crippen LogP) is 4.56. The van der Waals surface area contributed by atoms with Crippen LogP contribution in [0.4, 0.5) is 4.39 Å². The molecule has 1 unspecified atom stereocenters. The van der Waals surface area contributed by atoms with Crippen molar-refractivity contribution in [2.24, 2.45) is 5.84 Å². The van der Waals surface area contributed by atoms with Gasteiger partial charge in [0.2, 0.25) is 0 Å². The standard InChI is InChI=1S/C13H10Br2ClFN2/c14-10-5-4-7(16)6-9(10)13(19-18)8-2-1-3-11(15)12(8)17/h1-6,13,19H,18H2. The predicted molar refractivity (Wildman–Crippen MR) is 82.4 cm³/mol. The van der Waals surface area contributed by atoms with Crippen molar-refractivity contribution in [3.05, 3.63) is 67.3 Å². The molecule has 1 atom stereocenters. The van der Waals surface area contributed by atoms with E-state index in [1.165, 1.54) is 0 Å². The van der Waals surface area contributed by atoms with Gasteiger partial charge in [-0.2, -0.15) is 0 Å². The van der Waals surface area contributed by atoms with E-state index >= 15 is 0 Å². The van der Waals surface area contributed by atoms with Gasteiger partial charge in [0.25, 0.3) is 0 Å². The monoisotopic (exact) mass is 406 g/mol. The van der Waals surface area contributed by atoms with Gasteiger partial charge in [-0.1, -0.05) is 39.7 Å².